The highest BCUT2D eigenvalue weighted by Crippen LogP contribution is 2.41. The van der Waals surface area contributed by atoms with Crippen LogP contribution < -0.4 is 4.74 Å². The molecule has 1 fully saturated rings. The van der Waals surface area contributed by atoms with Gasteiger partial charge in [0.2, 0.25) is 0 Å². The number of hydrogen-bond donors (Lipinski definition) is 2. The number of Topliss-reactive ketones (excluding diaryl/α,β-unsaturated/α-hetero) is 1. The molecule has 0 amide bonds. The molecular formula is C22H32O5S3. The van der Waals surface area contributed by atoms with Crippen molar-refractivity contribution in [2.75, 3.05) is 23.9 Å². The van der Waals surface area contributed by atoms with E-state index in [0.717, 1.165) is 48.5 Å². The minimum absolute atomic E-state index is 0.0611. The number of phenols is 1. The molecule has 0 aliphatic carbocycles. The van der Waals surface area contributed by atoms with Gasteiger partial charge in [-0.25, -0.2) is 0 Å². The van der Waals surface area contributed by atoms with Crippen molar-refractivity contribution in [2.24, 2.45) is 0 Å². The fraction of sp³-hybridized carbons (Fsp3) is 0.636. The lowest BCUT2D eigenvalue weighted by Gasteiger charge is -2.14. The largest absolute Gasteiger partial charge is 0.507 e. The summed E-state index contributed by atoms with van der Waals surface area (Å²) in [6.07, 6.45) is 4.59. The van der Waals surface area contributed by atoms with Crippen LogP contribution in [0.5, 0.6) is 11.5 Å². The van der Waals surface area contributed by atoms with E-state index in [1.807, 2.05) is 42.2 Å². The summed E-state index contributed by atoms with van der Waals surface area (Å²) in [7, 11) is 0. The average molecular weight is 473 g/mol. The number of thioether (sulfide) groups is 3. The molecule has 168 valence electrons. The zero-order valence-electron chi connectivity index (χ0n) is 17.7. The maximum atomic E-state index is 11.6. The minimum Gasteiger partial charge on any atom is -0.507 e. The van der Waals surface area contributed by atoms with Crippen LogP contribution in [-0.2, 0) is 11.2 Å². The number of phenolic OH excluding ortho intramolecular Hbond substituents is 1. The Morgan fingerprint density at radius 2 is 2.10 bits per heavy atom. The number of carbonyl (C=O) groups excluding carboxylic acids is 1. The molecule has 2 rings (SSSR count). The lowest BCUT2D eigenvalue weighted by atomic mass is 10.0. The molecule has 2 N–H and O–H groups in total. The third-order valence-corrected chi connectivity index (χ3v) is 9.61. The molecule has 2 unspecified atom stereocenters. The quantitative estimate of drug-likeness (QED) is 0.272. The molecule has 30 heavy (non-hydrogen) atoms. The van der Waals surface area contributed by atoms with E-state index in [1.54, 1.807) is 12.1 Å². The number of aliphatic carboxylic acids is 1. The van der Waals surface area contributed by atoms with E-state index >= 15 is 0 Å². The van der Waals surface area contributed by atoms with Gasteiger partial charge < -0.3 is 14.9 Å². The molecule has 0 aromatic heterocycles. The molecule has 0 bridgehead atoms. The number of unbranched alkanes of at least 4 members (excludes halogenated alkanes) is 1. The third kappa shape index (κ3) is 8.27. The van der Waals surface area contributed by atoms with Gasteiger partial charge in [-0.2, -0.15) is 11.8 Å². The Morgan fingerprint density at radius 1 is 1.30 bits per heavy atom. The van der Waals surface area contributed by atoms with Crippen molar-refractivity contribution < 1.29 is 24.5 Å². The Kier molecular flexibility index (Phi) is 11.3. The monoisotopic (exact) mass is 472 g/mol. The lowest BCUT2D eigenvalue weighted by molar-refractivity contribution is -0.137. The second kappa shape index (κ2) is 13.4. The molecule has 0 radical (unpaired) electrons. The van der Waals surface area contributed by atoms with Crippen LogP contribution in [0.1, 0.15) is 61.9 Å². The van der Waals surface area contributed by atoms with E-state index in [4.69, 9.17) is 9.84 Å². The van der Waals surface area contributed by atoms with E-state index in [-0.39, 0.29) is 18.0 Å². The zero-order chi connectivity index (χ0) is 21.9. The number of carboxylic acid groups (broad SMARTS) is 1. The van der Waals surface area contributed by atoms with Gasteiger partial charge in [-0.3, -0.25) is 9.59 Å². The minimum atomic E-state index is -0.705. The Bertz CT molecular complexity index is 710. The molecular weight excluding hydrogens is 440 g/mol. The molecule has 8 heteroatoms. The molecule has 1 aromatic rings. The number of carbonyl (C=O) groups is 2. The van der Waals surface area contributed by atoms with Crippen molar-refractivity contribution in [3.05, 3.63) is 23.3 Å². The predicted octanol–water partition coefficient (Wildman–Crippen LogP) is 5.48. The SMILES string of the molecule is CCCc1c(OCCCCSCC2CSC(CCC(=O)O)S2)ccc(C(C)=O)c1O. The lowest BCUT2D eigenvalue weighted by Crippen LogP contribution is -2.07. The highest BCUT2D eigenvalue weighted by molar-refractivity contribution is 8.20. The Balaban J connectivity index is 1.64. The molecule has 1 saturated heterocycles. The highest BCUT2D eigenvalue weighted by atomic mass is 32.2. The number of aromatic hydroxyl groups is 1. The van der Waals surface area contributed by atoms with E-state index < -0.39 is 5.97 Å². The number of benzene rings is 1. The summed E-state index contributed by atoms with van der Waals surface area (Å²) in [5.41, 5.74) is 1.09. The average Bonchev–Trinajstić information content (AvgIpc) is 3.15. The molecule has 2 atom stereocenters. The van der Waals surface area contributed by atoms with Gasteiger partial charge in [-0.1, -0.05) is 13.3 Å². The predicted molar refractivity (Wildman–Crippen MR) is 129 cm³/mol. The van der Waals surface area contributed by atoms with Crippen LogP contribution >= 0.6 is 35.3 Å². The molecule has 1 aliphatic heterocycles. The molecule has 1 aromatic carbocycles. The van der Waals surface area contributed by atoms with E-state index in [9.17, 15) is 14.7 Å². The number of ketones is 1. The van der Waals surface area contributed by atoms with Crippen molar-refractivity contribution in [2.45, 2.75) is 62.2 Å². The first-order valence-corrected chi connectivity index (χ1v) is 13.6. The third-order valence-electron chi connectivity index (χ3n) is 4.77. The first-order chi connectivity index (χ1) is 14.4. The molecule has 0 spiro atoms. The maximum Gasteiger partial charge on any atom is 0.303 e. The molecule has 0 saturated carbocycles. The van der Waals surface area contributed by atoms with Gasteiger partial charge >= 0.3 is 5.97 Å². The van der Waals surface area contributed by atoms with Crippen LogP contribution in [0, 0.1) is 0 Å². The number of ether oxygens (including phenoxy) is 1. The van der Waals surface area contributed by atoms with E-state index in [0.29, 0.717) is 34.2 Å². The van der Waals surface area contributed by atoms with Gasteiger partial charge in [0, 0.05) is 28.7 Å². The standard InChI is InChI=1S/C22H32O5S3/c1-3-6-18-19(8-7-17(15(2)23)22(18)26)27-11-4-5-12-28-13-16-14-29-21(30-16)10-9-20(24)25/h7-8,16,21,26H,3-6,9-14H2,1-2H3,(H,24,25). The summed E-state index contributed by atoms with van der Waals surface area (Å²) in [6, 6.07) is 3.44. The van der Waals surface area contributed by atoms with Gasteiger partial charge in [-0.05, 0) is 50.5 Å². The highest BCUT2D eigenvalue weighted by Gasteiger charge is 2.26. The van der Waals surface area contributed by atoms with Gasteiger partial charge in [0.05, 0.1) is 16.8 Å². The van der Waals surface area contributed by atoms with Crippen LogP contribution in [-0.4, -0.2) is 55.7 Å². The van der Waals surface area contributed by atoms with Crippen molar-refractivity contribution in [3.63, 3.8) is 0 Å². The normalized spacial score (nSPS) is 18.5. The zero-order valence-corrected chi connectivity index (χ0v) is 20.2. The van der Waals surface area contributed by atoms with Crippen molar-refractivity contribution in [3.8, 4) is 11.5 Å². The van der Waals surface area contributed by atoms with Gasteiger partial charge in [0.25, 0.3) is 0 Å². The van der Waals surface area contributed by atoms with E-state index in [1.165, 1.54) is 6.92 Å². The van der Waals surface area contributed by atoms with Crippen molar-refractivity contribution >= 4 is 47.0 Å². The topological polar surface area (TPSA) is 83.8 Å². The second-order valence-corrected chi connectivity index (χ2v) is 11.5. The van der Waals surface area contributed by atoms with Gasteiger partial charge in [-0.15, -0.1) is 23.5 Å². The Morgan fingerprint density at radius 3 is 2.80 bits per heavy atom. The van der Waals surface area contributed by atoms with Crippen LogP contribution in [0.25, 0.3) is 0 Å². The summed E-state index contributed by atoms with van der Waals surface area (Å²) < 4.78 is 6.34. The van der Waals surface area contributed by atoms with Crippen LogP contribution in [0.3, 0.4) is 0 Å². The molecule has 5 nitrogen and oxygen atoms in total. The summed E-state index contributed by atoms with van der Waals surface area (Å²) >= 11 is 5.79. The first-order valence-electron chi connectivity index (χ1n) is 10.5. The molecule has 1 heterocycles. The summed E-state index contributed by atoms with van der Waals surface area (Å²) in [5, 5.41) is 19.8. The van der Waals surface area contributed by atoms with Crippen LogP contribution in [0.15, 0.2) is 12.1 Å². The van der Waals surface area contributed by atoms with Crippen molar-refractivity contribution in [1.29, 1.82) is 0 Å². The van der Waals surface area contributed by atoms with Gasteiger partial charge in [0.15, 0.2) is 5.78 Å². The smallest absolute Gasteiger partial charge is 0.303 e. The number of carboxylic acids is 1. The number of hydrogen-bond acceptors (Lipinski definition) is 7. The Labute approximate surface area is 192 Å². The van der Waals surface area contributed by atoms with Crippen molar-refractivity contribution in [1.82, 2.24) is 0 Å². The second-order valence-electron chi connectivity index (χ2n) is 7.33. The van der Waals surface area contributed by atoms with Gasteiger partial charge in [0.1, 0.15) is 11.5 Å². The van der Waals surface area contributed by atoms with Crippen LogP contribution in [0.4, 0.5) is 0 Å². The first kappa shape index (κ1) is 25.3. The fourth-order valence-corrected chi connectivity index (χ4v) is 8.01. The maximum absolute atomic E-state index is 11.6. The molecule has 1 aliphatic rings. The Hall–Kier alpha value is -0.990. The summed E-state index contributed by atoms with van der Waals surface area (Å²) in [6.45, 7) is 4.10. The van der Waals surface area contributed by atoms with Crippen LogP contribution in [0.2, 0.25) is 0 Å². The fourth-order valence-electron chi connectivity index (χ4n) is 3.22. The summed E-state index contributed by atoms with van der Waals surface area (Å²) in [4.78, 5) is 22.3. The van der Waals surface area contributed by atoms with E-state index in [2.05, 4.69) is 0 Å². The number of rotatable bonds is 14. The summed E-state index contributed by atoms with van der Waals surface area (Å²) in [5.74, 6) is 3.21.